The first-order valence-corrected chi connectivity index (χ1v) is 11.0. The second kappa shape index (κ2) is 7.48. The molecule has 0 amide bonds. The first-order valence-electron chi connectivity index (χ1n) is 8.68. The Hall–Kier alpha value is -2.93. The third-order valence-corrected chi connectivity index (χ3v) is 6.35. The number of primary sulfonamides is 1. The molecule has 12 heteroatoms. The van der Waals surface area contributed by atoms with E-state index in [4.69, 9.17) is 16.6 Å². The van der Waals surface area contributed by atoms with Crippen LogP contribution in [0.5, 0.6) is 0 Å². The summed E-state index contributed by atoms with van der Waals surface area (Å²) < 4.78 is 26.1. The molecule has 0 radical (unpaired) electrons. The maximum absolute atomic E-state index is 12.6. The molecular formula is C17H18N8O2S2. The number of aromatic nitrogens is 5. The van der Waals surface area contributed by atoms with Crippen molar-refractivity contribution >= 4 is 36.7 Å². The molecule has 7 N–H and O–H groups in total. The van der Waals surface area contributed by atoms with E-state index in [1.54, 1.807) is 6.07 Å². The molecule has 0 unspecified atom stereocenters. The van der Waals surface area contributed by atoms with E-state index in [2.05, 4.69) is 25.6 Å². The van der Waals surface area contributed by atoms with E-state index in [9.17, 15) is 8.42 Å². The number of tetrazole rings is 1. The van der Waals surface area contributed by atoms with Gasteiger partial charge in [0.15, 0.2) is 5.13 Å². The molecule has 0 aliphatic heterocycles. The van der Waals surface area contributed by atoms with Crippen LogP contribution < -0.4 is 16.6 Å². The van der Waals surface area contributed by atoms with Gasteiger partial charge in [-0.3, -0.25) is 0 Å². The van der Waals surface area contributed by atoms with Gasteiger partial charge in [-0.2, -0.15) is 5.21 Å². The van der Waals surface area contributed by atoms with Crippen molar-refractivity contribution in [2.24, 2.45) is 10.9 Å². The van der Waals surface area contributed by atoms with Crippen molar-refractivity contribution in [3.8, 4) is 22.5 Å². The van der Waals surface area contributed by atoms with Gasteiger partial charge < -0.3 is 11.5 Å². The van der Waals surface area contributed by atoms with Gasteiger partial charge in [-0.15, -0.1) is 10.2 Å². The van der Waals surface area contributed by atoms with Crippen LogP contribution in [0.3, 0.4) is 0 Å². The number of nitrogens with zero attached hydrogens (tertiary/aromatic N) is 4. The number of anilines is 1. The Labute approximate surface area is 170 Å². The van der Waals surface area contributed by atoms with Crippen molar-refractivity contribution in [1.82, 2.24) is 25.6 Å². The van der Waals surface area contributed by atoms with Gasteiger partial charge >= 0.3 is 0 Å². The maximum Gasteiger partial charge on any atom is 0.239 e. The smallest absolute Gasteiger partial charge is 0.239 e. The Bertz CT molecular complexity index is 1280. The molecule has 0 aliphatic carbocycles. The van der Waals surface area contributed by atoms with Crippen molar-refractivity contribution in [2.75, 3.05) is 12.3 Å². The predicted octanol–water partition coefficient (Wildman–Crippen LogP) is 1.26. The molecule has 29 heavy (non-hydrogen) atoms. The van der Waals surface area contributed by atoms with E-state index in [0.717, 1.165) is 4.70 Å². The summed E-state index contributed by atoms with van der Waals surface area (Å²) >= 11 is 1.35. The van der Waals surface area contributed by atoms with Crippen LogP contribution in [0, 0.1) is 0 Å². The normalized spacial score (nSPS) is 11.9. The van der Waals surface area contributed by atoms with Crippen LogP contribution in [0.2, 0.25) is 0 Å². The molecule has 0 bridgehead atoms. The number of hydrogen-bond donors (Lipinski definition) is 4. The second-order valence-corrected chi connectivity index (χ2v) is 8.91. The topological polar surface area (TPSA) is 180 Å². The molecule has 0 saturated carbocycles. The summed E-state index contributed by atoms with van der Waals surface area (Å²) in [4.78, 5) is 4.37. The second-order valence-electron chi connectivity index (χ2n) is 6.35. The van der Waals surface area contributed by atoms with Crippen molar-refractivity contribution in [1.29, 1.82) is 0 Å². The van der Waals surface area contributed by atoms with Crippen molar-refractivity contribution in [2.45, 2.75) is 17.7 Å². The molecule has 4 rings (SSSR count). The van der Waals surface area contributed by atoms with Gasteiger partial charge in [0.05, 0.1) is 20.7 Å². The zero-order chi connectivity index (χ0) is 20.6. The van der Waals surface area contributed by atoms with Crippen LogP contribution in [0.25, 0.3) is 32.7 Å². The number of nitrogen functional groups attached to an aromatic ring is 1. The number of nitrogens with one attached hydrogen (secondary N) is 1. The average molecular weight is 431 g/mol. The molecule has 0 aliphatic rings. The third kappa shape index (κ3) is 3.58. The largest absolute Gasteiger partial charge is 0.375 e. The summed E-state index contributed by atoms with van der Waals surface area (Å²) in [6.07, 6.45) is 1.05. The highest BCUT2D eigenvalue weighted by molar-refractivity contribution is 7.89. The molecule has 150 valence electrons. The number of thiazole rings is 1. The van der Waals surface area contributed by atoms with Crippen LogP contribution in [0.15, 0.2) is 35.2 Å². The summed E-state index contributed by atoms with van der Waals surface area (Å²) in [5.41, 5.74) is 14.3. The van der Waals surface area contributed by atoms with Crippen LogP contribution in [-0.4, -0.2) is 40.6 Å². The summed E-state index contributed by atoms with van der Waals surface area (Å²) in [5, 5.41) is 20.0. The van der Waals surface area contributed by atoms with Gasteiger partial charge in [-0.25, -0.2) is 18.5 Å². The highest BCUT2D eigenvalue weighted by atomic mass is 32.2. The van der Waals surface area contributed by atoms with Crippen molar-refractivity contribution < 1.29 is 8.42 Å². The fourth-order valence-corrected chi connectivity index (χ4v) is 5.12. The molecule has 10 nitrogen and oxygen atoms in total. The molecule has 2 heterocycles. The van der Waals surface area contributed by atoms with Crippen molar-refractivity contribution in [3.05, 3.63) is 35.9 Å². The van der Waals surface area contributed by atoms with Crippen LogP contribution >= 0.6 is 11.3 Å². The molecule has 0 spiro atoms. The molecule has 2 aromatic heterocycles. The summed E-state index contributed by atoms with van der Waals surface area (Å²) in [5.74, 6) is 0.124. The number of nitrogens with two attached hydrogens (primary N) is 3. The minimum atomic E-state index is -4.10. The first kappa shape index (κ1) is 19.4. The molecule has 0 atom stereocenters. The number of rotatable bonds is 6. The number of benzene rings is 2. The Kier molecular flexibility index (Phi) is 5.00. The number of fused-ring (bicyclic) bond motifs is 1. The van der Waals surface area contributed by atoms with Crippen LogP contribution in [0.1, 0.15) is 12.0 Å². The summed E-state index contributed by atoms with van der Waals surface area (Å²) in [6.45, 7) is 0.417. The van der Waals surface area contributed by atoms with Crippen molar-refractivity contribution in [3.63, 3.8) is 0 Å². The lowest BCUT2D eigenvalue weighted by atomic mass is 9.94. The zero-order valence-corrected chi connectivity index (χ0v) is 16.8. The number of sulfonamides is 1. The van der Waals surface area contributed by atoms with E-state index < -0.39 is 10.0 Å². The average Bonchev–Trinajstić information content (AvgIpc) is 3.33. The van der Waals surface area contributed by atoms with Crippen LogP contribution in [-0.2, 0) is 16.4 Å². The molecular weight excluding hydrogens is 412 g/mol. The Morgan fingerprint density at radius 3 is 2.66 bits per heavy atom. The Morgan fingerprint density at radius 1 is 1.14 bits per heavy atom. The number of aromatic amines is 1. The summed E-state index contributed by atoms with van der Waals surface area (Å²) in [7, 11) is -4.10. The van der Waals surface area contributed by atoms with Gasteiger partial charge in [0.25, 0.3) is 0 Å². The van der Waals surface area contributed by atoms with E-state index in [1.165, 1.54) is 11.3 Å². The van der Waals surface area contributed by atoms with Gasteiger partial charge in [0.2, 0.25) is 15.8 Å². The summed E-state index contributed by atoms with van der Waals surface area (Å²) in [6, 6.07) is 9.15. The molecule has 0 fully saturated rings. The van der Waals surface area contributed by atoms with Gasteiger partial charge in [0.1, 0.15) is 0 Å². The highest BCUT2D eigenvalue weighted by Gasteiger charge is 2.27. The standard InChI is InChI=1S/C17H18N8O2S2/c18-8-2-3-9-6-7-10(11-4-1-5-12-14(11)21-17(19)28-12)13(15(9)29(20,26)27)16-22-24-25-23-16/h1,4-7H,2-3,8,18H2,(H2,19,21)(H2,20,26,27)(H,22,23,24,25). The lowest BCUT2D eigenvalue weighted by molar-refractivity contribution is 0.596. The number of aryl methyl sites for hydroxylation is 1. The molecule has 0 saturated heterocycles. The minimum absolute atomic E-state index is 0.0370. The SMILES string of the molecule is NCCCc1ccc(-c2cccc3sc(N)nc23)c(-c2nn[nH]n2)c1S(N)(=O)=O. The first-order chi connectivity index (χ1) is 13.9. The monoisotopic (exact) mass is 430 g/mol. The van der Waals surface area contributed by atoms with E-state index in [-0.39, 0.29) is 16.3 Å². The molecule has 4 aromatic rings. The van der Waals surface area contributed by atoms with E-state index in [0.29, 0.717) is 46.7 Å². The lowest BCUT2D eigenvalue weighted by Gasteiger charge is -2.16. The Morgan fingerprint density at radius 2 is 1.97 bits per heavy atom. The lowest BCUT2D eigenvalue weighted by Crippen LogP contribution is -2.17. The quantitative estimate of drug-likeness (QED) is 0.353. The number of H-pyrrole nitrogens is 1. The fourth-order valence-electron chi connectivity index (χ4n) is 3.34. The van der Waals surface area contributed by atoms with E-state index >= 15 is 0 Å². The fraction of sp³-hybridized carbons (Fsp3) is 0.176. The predicted molar refractivity (Wildman–Crippen MR) is 111 cm³/mol. The van der Waals surface area contributed by atoms with Crippen LogP contribution in [0.4, 0.5) is 5.13 Å². The minimum Gasteiger partial charge on any atom is -0.375 e. The number of hydrogen-bond acceptors (Lipinski definition) is 9. The highest BCUT2D eigenvalue weighted by Crippen LogP contribution is 2.41. The maximum atomic E-state index is 12.6. The van der Waals surface area contributed by atoms with Gasteiger partial charge in [-0.1, -0.05) is 35.6 Å². The zero-order valence-electron chi connectivity index (χ0n) is 15.2. The van der Waals surface area contributed by atoms with Gasteiger partial charge in [0, 0.05) is 5.56 Å². The molecule has 2 aromatic carbocycles. The van der Waals surface area contributed by atoms with Gasteiger partial charge in [-0.05, 0) is 41.8 Å². The Balaban J connectivity index is 2.10. The number of para-hydroxylation sites is 1. The third-order valence-electron chi connectivity index (χ3n) is 4.47. The van der Waals surface area contributed by atoms with E-state index in [1.807, 2.05) is 24.3 Å².